The van der Waals surface area contributed by atoms with Gasteiger partial charge in [0.1, 0.15) is 5.78 Å². The first-order chi connectivity index (χ1) is 10.5. The Kier molecular flexibility index (Phi) is 9.36. The van der Waals surface area contributed by atoms with Gasteiger partial charge in [-0.25, -0.2) is 0 Å². The topological polar surface area (TPSA) is 17.1 Å². The van der Waals surface area contributed by atoms with Crippen LogP contribution in [0.15, 0.2) is 0 Å². The van der Waals surface area contributed by atoms with Crippen molar-refractivity contribution in [1.29, 1.82) is 0 Å². The molecule has 0 amide bonds. The molecular formula is C21H40O. The van der Waals surface area contributed by atoms with Gasteiger partial charge < -0.3 is 0 Å². The van der Waals surface area contributed by atoms with Crippen LogP contribution in [0.2, 0.25) is 0 Å². The van der Waals surface area contributed by atoms with Gasteiger partial charge in [-0.3, -0.25) is 4.79 Å². The lowest BCUT2D eigenvalue weighted by molar-refractivity contribution is -0.124. The van der Waals surface area contributed by atoms with E-state index in [1.165, 1.54) is 44.9 Å². The van der Waals surface area contributed by atoms with Gasteiger partial charge in [0, 0.05) is 12.3 Å². The van der Waals surface area contributed by atoms with E-state index in [9.17, 15) is 4.79 Å². The molecule has 130 valence electrons. The molecule has 0 aromatic carbocycles. The zero-order valence-electron chi connectivity index (χ0n) is 15.9. The molecule has 0 aromatic heterocycles. The van der Waals surface area contributed by atoms with Crippen LogP contribution in [0.5, 0.6) is 0 Å². The maximum absolute atomic E-state index is 11.5. The van der Waals surface area contributed by atoms with E-state index in [1.807, 2.05) is 6.92 Å². The lowest BCUT2D eigenvalue weighted by Crippen LogP contribution is -2.25. The summed E-state index contributed by atoms with van der Waals surface area (Å²) < 4.78 is 0. The smallest absolute Gasteiger partial charge is 0.135 e. The minimum atomic E-state index is 0.395. The molecule has 1 nitrogen and oxygen atoms in total. The molecular weight excluding hydrogens is 268 g/mol. The van der Waals surface area contributed by atoms with Gasteiger partial charge in [0.05, 0.1) is 0 Å². The largest absolute Gasteiger partial charge is 0.299 e. The molecule has 0 spiro atoms. The quantitative estimate of drug-likeness (QED) is 0.568. The van der Waals surface area contributed by atoms with Crippen LogP contribution in [-0.4, -0.2) is 5.78 Å². The number of rotatable bonds is 4. The Morgan fingerprint density at radius 2 is 1.36 bits per heavy atom. The van der Waals surface area contributed by atoms with E-state index >= 15 is 0 Å². The molecule has 0 unspecified atom stereocenters. The first-order valence-corrected chi connectivity index (χ1v) is 9.98. The molecule has 2 aliphatic carbocycles. The third-order valence-electron chi connectivity index (χ3n) is 6.05. The summed E-state index contributed by atoms with van der Waals surface area (Å²) in [7, 11) is 0. The predicted octanol–water partition coefficient (Wildman–Crippen LogP) is 6.65. The summed E-state index contributed by atoms with van der Waals surface area (Å²) in [5, 5.41) is 0. The van der Waals surface area contributed by atoms with E-state index in [4.69, 9.17) is 0 Å². The molecule has 2 saturated carbocycles. The summed E-state index contributed by atoms with van der Waals surface area (Å²) in [6.07, 6.45) is 13.1. The van der Waals surface area contributed by atoms with Crippen LogP contribution in [0.25, 0.3) is 0 Å². The predicted molar refractivity (Wildman–Crippen MR) is 97.0 cm³/mol. The summed E-state index contributed by atoms with van der Waals surface area (Å²) in [5.41, 5.74) is 0. The highest BCUT2D eigenvalue weighted by molar-refractivity contribution is 5.80. The van der Waals surface area contributed by atoms with Crippen LogP contribution >= 0.6 is 0 Å². The second-order valence-electron chi connectivity index (χ2n) is 8.33. The van der Waals surface area contributed by atoms with Crippen molar-refractivity contribution in [2.24, 2.45) is 29.6 Å². The first kappa shape index (κ1) is 19.7. The van der Waals surface area contributed by atoms with Gasteiger partial charge in [-0.15, -0.1) is 0 Å². The minimum absolute atomic E-state index is 0.395. The van der Waals surface area contributed by atoms with Crippen molar-refractivity contribution < 1.29 is 4.79 Å². The number of ketones is 1. The summed E-state index contributed by atoms with van der Waals surface area (Å²) >= 11 is 0. The lowest BCUT2D eigenvalue weighted by Gasteiger charge is -2.30. The maximum Gasteiger partial charge on any atom is 0.135 e. The fraction of sp³-hybridized carbons (Fsp3) is 0.952. The van der Waals surface area contributed by atoms with Crippen molar-refractivity contribution in [3.05, 3.63) is 0 Å². The van der Waals surface area contributed by atoms with Gasteiger partial charge in [-0.2, -0.15) is 0 Å². The van der Waals surface area contributed by atoms with Gasteiger partial charge in [0.2, 0.25) is 0 Å². The fourth-order valence-electron chi connectivity index (χ4n) is 4.22. The van der Waals surface area contributed by atoms with Crippen LogP contribution < -0.4 is 0 Å². The fourth-order valence-corrected chi connectivity index (χ4v) is 4.22. The molecule has 0 heterocycles. The number of hydrogen-bond acceptors (Lipinski definition) is 1. The molecule has 0 bridgehead atoms. The third-order valence-corrected chi connectivity index (χ3v) is 6.05. The molecule has 1 heteroatoms. The molecule has 2 atom stereocenters. The molecule has 0 saturated heterocycles. The van der Waals surface area contributed by atoms with Crippen LogP contribution in [0, 0.1) is 29.6 Å². The Labute approximate surface area is 139 Å². The first-order valence-electron chi connectivity index (χ1n) is 9.98. The molecule has 0 aromatic rings. The number of carbonyl (C=O) groups excluding carboxylic acids is 1. The molecule has 22 heavy (non-hydrogen) atoms. The average molecular weight is 309 g/mol. The Balaban J connectivity index is 0.000000235. The van der Waals surface area contributed by atoms with E-state index in [-0.39, 0.29) is 0 Å². The standard InChI is InChI=1S/C12H22O.C9H18/c1-4-12(13)11-7-5-6-10(8-11)9(2)3;1-8(2)9-6-4-3-5-7-9/h9-11H,4-8H2,1-3H3;8-9H,3-7H2,1-2H3/t10-,11+;/m1./s1. The monoisotopic (exact) mass is 308 g/mol. The Hall–Kier alpha value is -0.330. The van der Waals surface area contributed by atoms with E-state index in [0.717, 1.165) is 42.9 Å². The highest BCUT2D eigenvalue weighted by atomic mass is 16.1. The van der Waals surface area contributed by atoms with Crippen LogP contribution in [-0.2, 0) is 4.79 Å². The molecule has 2 fully saturated rings. The van der Waals surface area contributed by atoms with Crippen molar-refractivity contribution in [3.8, 4) is 0 Å². The summed E-state index contributed by atoms with van der Waals surface area (Å²) in [6.45, 7) is 11.3. The number of hydrogen-bond donors (Lipinski definition) is 0. The van der Waals surface area contributed by atoms with Crippen molar-refractivity contribution >= 4 is 5.78 Å². The van der Waals surface area contributed by atoms with Gasteiger partial charge in [0.25, 0.3) is 0 Å². The SMILES string of the molecule is CC(C)C1CCCCC1.CCC(=O)[C@H]1CCC[C@@H](C(C)C)C1. The highest BCUT2D eigenvalue weighted by Crippen LogP contribution is 2.34. The van der Waals surface area contributed by atoms with Crippen LogP contribution in [0.4, 0.5) is 0 Å². The second-order valence-corrected chi connectivity index (χ2v) is 8.33. The lowest BCUT2D eigenvalue weighted by atomic mass is 9.74. The normalized spacial score (nSPS) is 26.7. The Bertz CT molecular complexity index is 299. The molecule has 0 N–H and O–H groups in total. The zero-order valence-corrected chi connectivity index (χ0v) is 15.9. The van der Waals surface area contributed by atoms with Gasteiger partial charge in [-0.1, -0.05) is 79.6 Å². The van der Waals surface area contributed by atoms with Crippen LogP contribution in [0.3, 0.4) is 0 Å². The van der Waals surface area contributed by atoms with Gasteiger partial charge >= 0.3 is 0 Å². The van der Waals surface area contributed by atoms with Crippen molar-refractivity contribution in [1.82, 2.24) is 0 Å². The number of Topliss-reactive ketones (excluding diaryl/α,β-unsaturated/α-hetero) is 1. The van der Waals surface area contributed by atoms with E-state index in [0.29, 0.717) is 11.7 Å². The van der Waals surface area contributed by atoms with Gasteiger partial charge in [0.15, 0.2) is 0 Å². The summed E-state index contributed by atoms with van der Waals surface area (Å²) in [6, 6.07) is 0. The average Bonchev–Trinajstić information content (AvgIpc) is 2.55. The second kappa shape index (κ2) is 10.4. The molecule has 2 aliphatic rings. The van der Waals surface area contributed by atoms with Crippen LogP contribution in [0.1, 0.15) is 98.8 Å². The van der Waals surface area contributed by atoms with Crippen molar-refractivity contribution in [3.63, 3.8) is 0 Å². The summed E-state index contributed by atoms with van der Waals surface area (Å²) in [4.78, 5) is 11.5. The molecule has 0 aliphatic heterocycles. The third kappa shape index (κ3) is 6.84. The molecule has 0 radical (unpaired) electrons. The maximum atomic E-state index is 11.5. The zero-order chi connectivity index (χ0) is 16.5. The van der Waals surface area contributed by atoms with Gasteiger partial charge in [-0.05, 0) is 36.5 Å². The Morgan fingerprint density at radius 1 is 0.818 bits per heavy atom. The Morgan fingerprint density at radius 3 is 1.82 bits per heavy atom. The number of carbonyl (C=O) groups is 1. The van der Waals surface area contributed by atoms with Crippen molar-refractivity contribution in [2.75, 3.05) is 0 Å². The molecule has 2 rings (SSSR count). The van der Waals surface area contributed by atoms with Crippen molar-refractivity contribution in [2.45, 2.75) is 98.8 Å². The summed E-state index contributed by atoms with van der Waals surface area (Å²) in [5.74, 6) is 4.43. The highest BCUT2D eigenvalue weighted by Gasteiger charge is 2.27. The van der Waals surface area contributed by atoms with E-state index in [2.05, 4.69) is 27.7 Å². The van der Waals surface area contributed by atoms with E-state index < -0.39 is 0 Å². The minimum Gasteiger partial charge on any atom is -0.299 e. The van der Waals surface area contributed by atoms with E-state index in [1.54, 1.807) is 0 Å².